The van der Waals surface area contributed by atoms with E-state index in [0.717, 1.165) is 77.4 Å². The van der Waals surface area contributed by atoms with E-state index in [1.165, 1.54) is 35.1 Å². The molecular formula is C36H35F3N8O2S2. The van der Waals surface area contributed by atoms with Crippen molar-refractivity contribution < 1.29 is 22.7 Å². The maximum atomic E-state index is 12.9. The molecule has 0 aliphatic carbocycles. The average molecular weight is 733 g/mol. The predicted octanol–water partition coefficient (Wildman–Crippen LogP) is 8.03. The van der Waals surface area contributed by atoms with Gasteiger partial charge in [-0.15, -0.1) is 24.5 Å². The molecule has 0 atom stereocenters. The molecule has 0 bridgehead atoms. The highest BCUT2D eigenvalue weighted by Crippen LogP contribution is 2.31. The van der Waals surface area contributed by atoms with Gasteiger partial charge in [0.05, 0.1) is 15.9 Å². The number of fused-ring (bicyclic) bond motifs is 1. The van der Waals surface area contributed by atoms with Gasteiger partial charge in [-0.25, -0.2) is 9.97 Å². The van der Waals surface area contributed by atoms with Crippen LogP contribution < -0.4 is 21.1 Å². The molecule has 0 unspecified atom stereocenters. The van der Waals surface area contributed by atoms with Crippen LogP contribution >= 0.6 is 22.7 Å². The van der Waals surface area contributed by atoms with E-state index >= 15 is 0 Å². The lowest BCUT2D eigenvalue weighted by Gasteiger charge is -2.32. The second-order valence-corrected chi connectivity index (χ2v) is 13.8. The van der Waals surface area contributed by atoms with Crippen LogP contribution in [0.5, 0.6) is 5.75 Å². The number of amides is 1. The Morgan fingerprint density at radius 2 is 1.78 bits per heavy atom. The van der Waals surface area contributed by atoms with Crippen LogP contribution in [0.1, 0.15) is 21.5 Å². The minimum atomic E-state index is -4.68. The Morgan fingerprint density at radius 1 is 1.00 bits per heavy atom. The van der Waals surface area contributed by atoms with Crippen LogP contribution in [-0.4, -0.2) is 70.2 Å². The molecule has 1 aliphatic rings. The number of hydrogen-bond acceptors (Lipinski definition) is 11. The molecule has 4 heterocycles. The second kappa shape index (κ2) is 15.9. The molecular weight excluding hydrogens is 698 g/mol. The van der Waals surface area contributed by atoms with Crippen molar-refractivity contribution in [3.05, 3.63) is 107 Å². The first-order valence-electron chi connectivity index (χ1n) is 15.9. The molecule has 3 aromatic carbocycles. The fourth-order valence-electron chi connectivity index (χ4n) is 5.28. The van der Waals surface area contributed by atoms with Crippen molar-refractivity contribution in [1.82, 2.24) is 24.8 Å². The van der Waals surface area contributed by atoms with Crippen molar-refractivity contribution in [2.45, 2.75) is 19.8 Å². The number of nitrogens with zero attached hydrogens (tertiary/aromatic N) is 5. The topological polar surface area (TPSA) is 122 Å². The number of benzene rings is 3. The molecule has 1 amide bonds. The van der Waals surface area contributed by atoms with Crippen LogP contribution in [0.4, 0.5) is 34.8 Å². The summed E-state index contributed by atoms with van der Waals surface area (Å²) in [6.07, 6.45) is -1.12. The Labute approximate surface area is 300 Å². The molecule has 0 radical (unpaired) electrons. The lowest BCUT2D eigenvalue weighted by Crippen LogP contribution is -2.43. The van der Waals surface area contributed by atoms with Crippen molar-refractivity contribution in [2.75, 3.05) is 49.6 Å². The summed E-state index contributed by atoms with van der Waals surface area (Å²) in [5, 5.41) is 9.53. The normalized spacial score (nSPS) is 13.7. The zero-order chi connectivity index (χ0) is 36.0. The Bertz CT molecular complexity index is 2080. The standard InChI is InChI=1S/C28H30N6OS.C8H5F3N2OS/c1-20-5-10-24(16-25(20)31-28-32-26(19-36-28)23-4-3-11-29-17-23)30-27(35)22-8-6-21(7-9-22)18-34-14-12-33(2)13-15-34;9-8(10,11)14-4-1-2-5-6(3-4)15-7(12)13-5/h3-11,16-17,19H,12-15,18H2,1-2H3,(H,30,35)(H,31,32);1-3H,(H2,12,13). The number of halogens is 3. The van der Waals surface area contributed by atoms with Crippen molar-refractivity contribution in [1.29, 1.82) is 0 Å². The van der Waals surface area contributed by atoms with Crippen LogP contribution in [0.25, 0.3) is 21.5 Å². The number of carbonyl (C=O) groups is 1. The molecule has 15 heteroatoms. The van der Waals surface area contributed by atoms with Gasteiger partial charge in [0.25, 0.3) is 5.91 Å². The van der Waals surface area contributed by atoms with E-state index in [1.54, 1.807) is 12.4 Å². The van der Waals surface area contributed by atoms with Gasteiger partial charge >= 0.3 is 6.36 Å². The van der Waals surface area contributed by atoms with Crippen molar-refractivity contribution >= 4 is 60.4 Å². The van der Waals surface area contributed by atoms with Crippen LogP contribution in [0.15, 0.2) is 90.6 Å². The van der Waals surface area contributed by atoms with Gasteiger partial charge in [0.1, 0.15) is 5.75 Å². The molecule has 1 fully saturated rings. The van der Waals surface area contributed by atoms with Gasteiger partial charge in [0.15, 0.2) is 10.3 Å². The molecule has 6 aromatic rings. The Kier molecular flexibility index (Phi) is 11.1. The minimum absolute atomic E-state index is 0.121. The van der Waals surface area contributed by atoms with Gasteiger partial charge in [-0.1, -0.05) is 29.5 Å². The van der Waals surface area contributed by atoms with E-state index in [1.807, 2.05) is 54.8 Å². The third kappa shape index (κ3) is 10.0. The fraction of sp³-hybridized carbons (Fsp3) is 0.222. The summed E-state index contributed by atoms with van der Waals surface area (Å²) < 4.78 is 40.0. The highest BCUT2D eigenvalue weighted by atomic mass is 32.1. The molecule has 4 N–H and O–H groups in total. The predicted molar refractivity (Wildman–Crippen MR) is 198 cm³/mol. The summed E-state index contributed by atoms with van der Waals surface area (Å²) in [5.74, 6) is -0.386. The van der Waals surface area contributed by atoms with Crippen LogP contribution in [0, 0.1) is 6.92 Å². The summed E-state index contributed by atoms with van der Waals surface area (Å²) in [5.41, 5.74) is 12.4. The molecule has 0 saturated carbocycles. The monoisotopic (exact) mass is 732 g/mol. The molecule has 51 heavy (non-hydrogen) atoms. The number of carbonyl (C=O) groups excluding carboxylic acids is 1. The molecule has 264 valence electrons. The number of nitrogens with one attached hydrogen (secondary N) is 2. The number of hydrogen-bond donors (Lipinski definition) is 3. The Morgan fingerprint density at radius 3 is 2.51 bits per heavy atom. The number of nitrogen functional groups attached to an aromatic ring is 1. The summed E-state index contributed by atoms with van der Waals surface area (Å²) >= 11 is 2.65. The van der Waals surface area contributed by atoms with Gasteiger partial charge in [0.2, 0.25) is 0 Å². The molecule has 3 aromatic heterocycles. The summed E-state index contributed by atoms with van der Waals surface area (Å²) in [7, 11) is 2.16. The highest BCUT2D eigenvalue weighted by molar-refractivity contribution is 7.22. The largest absolute Gasteiger partial charge is 0.573 e. The number of ether oxygens (including phenoxy) is 1. The van der Waals surface area contributed by atoms with Crippen molar-refractivity contribution in [3.8, 4) is 17.0 Å². The molecule has 1 saturated heterocycles. The van der Waals surface area contributed by atoms with E-state index in [-0.39, 0.29) is 11.7 Å². The first-order chi connectivity index (χ1) is 24.5. The molecule has 0 spiro atoms. The Hall–Kier alpha value is -5.09. The minimum Gasteiger partial charge on any atom is -0.406 e. The zero-order valence-corrected chi connectivity index (χ0v) is 29.4. The van der Waals surface area contributed by atoms with Crippen molar-refractivity contribution in [2.24, 2.45) is 0 Å². The first kappa shape index (κ1) is 35.7. The number of pyridine rings is 1. The maximum Gasteiger partial charge on any atom is 0.573 e. The third-order valence-corrected chi connectivity index (χ3v) is 9.63. The Balaban J connectivity index is 0.000000249. The lowest BCUT2D eigenvalue weighted by molar-refractivity contribution is -0.274. The van der Waals surface area contributed by atoms with Gasteiger partial charge in [-0.3, -0.25) is 14.7 Å². The number of thiazole rings is 2. The van der Waals surface area contributed by atoms with Crippen LogP contribution in [0.3, 0.4) is 0 Å². The number of likely N-dealkylation sites (N-methyl/N-ethyl adjacent to an activating group) is 1. The van der Waals surface area contributed by atoms with Crippen LogP contribution in [0.2, 0.25) is 0 Å². The molecule has 7 rings (SSSR count). The van der Waals surface area contributed by atoms with Gasteiger partial charge in [-0.2, -0.15) is 0 Å². The molecule has 1 aliphatic heterocycles. The van der Waals surface area contributed by atoms with E-state index < -0.39 is 6.36 Å². The van der Waals surface area contributed by atoms with E-state index in [2.05, 4.69) is 59.3 Å². The number of alkyl halides is 3. The first-order valence-corrected chi connectivity index (χ1v) is 17.6. The maximum absolute atomic E-state index is 12.9. The second-order valence-electron chi connectivity index (χ2n) is 11.9. The number of aromatic nitrogens is 3. The lowest BCUT2D eigenvalue weighted by atomic mass is 10.1. The van der Waals surface area contributed by atoms with Gasteiger partial charge < -0.3 is 26.0 Å². The van der Waals surface area contributed by atoms with E-state index in [9.17, 15) is 18.0 Å². The quantitative estimate of drug-likeness (QED) is 0.143. The third-order valence-electron chi connectivity index (χ3n) is 8.03. The summed E-state index contributed by atoms with van der Waals surface area (Å²) in [6.45, 7) is 7.30. The summed E-state index contributed by atoms with van der Waals surface area (Å²) in [6, 6.07) is 21.6. The fourth-order valence-corrected chi connectivity index (χ4v) is 6.77. The molecule has 10 nitrogen and oxygen atoms in total. The SMILES string of the molecule is Cc1ccc(NC(=O)c2ccc(CN3CCN(C)CC3)cc2)cc1Nc1nc(-c2cccnc2)cs1.Nc1nc2ccc(OC(F)(F)F)cc2s1. The van der Waals surface area contributed by atoms with Crippen molar-refractivity contribution in [3.63, 3.8) is 0 Å². The number of anilines is 4. The smallest absolute Gasteiger partial charge is 0.406 e. The van der Waals surface area contributed by atoms with E-state index in [4.69, 9.17) is 5.73 Å². The number of aryl methyl sites for hydroxylation is 1. The number of rotatable bonds is 8. The van der Waals surface area contributed by atoms with E-state index in [0.29, 0.717) is 20.9 Å². The van der Waals surface area contributed by atoms with Crippen LogP contribution in [-0.2, 0) is 6.54 Å². The summed E-state index contributed by atoms with van der Waals surface area (Å²) in [4.78, 5) is 30.5. The number of piperazine rings is 1. The highest BCUT2D eigenvalue weighted by Gasteiger charge is 2.31. The van der Waals surface area contributed by atoms with Gasteiger partial charge in [0, 0.05) is 79.1 Å². The zero-order valence-electron chi connectivity index (χ0n) is 27.8. The number of nitrogens with two attached hydrogens (primary N) is 1. The average Bonchev–Trinajstić information content (AvgIpc) is 3.73. The van der Waals surface area contributed by atoms with Gasteiger partial charge in [-0.05, 0) is 73.6 Å².